The molecule has 0 unspecified atom stereocenters. The van der Waals surface area contributed by atoms with Gasteiger partial charge in [0.05, 0.1) is 26.4 Å². The smallest absolute Gasteiger partial charge is 0.250 e. The maximum absolute atomic E-state index is 10.4. The molecule has 0 aromatic heterocycles. The first-order valence-electron chi connectivity index (χ1n) is 10.2. The lowest BCUT2D eigenvalue weighted by Crippen LogP contribution is -2.43. The minimum atomic E-state index is -1.89. The fourth-order valence-electron chi connectivity index (χ4n) is 2.81. The van der Waals surface area contributed by atoms with Crippen LogP contribution >= 0.6 is 0 Å². The Kier molecular flexibility index (Phi) is 7.92. The van der Waals surface area contributed by atoms with Gasteiger partial charge < -0.3 is 19.0 Å². The van der Waals surface area contributed by atoms with Gasteiger partial charge in [0.25, 0.3) is 0 Å². The number of hydrogen-bond acceptors (Lipinski definition) is 4. The third kappa shape index (κ3) is 7.18. The summed E-state index contributed by atoms with van der Waals surface area (Å²) < 4.78 is 17.3. The fraction of sp³-hybridized carbons (Fsp3) is 0.500. The van der Waals surface area contributed by atoms with Gasteiger partial charge in [-0.3, -0.25) is 0 Å². The third-order valence-electron chi connectivity index (χ3n) is 5.50. The summed E-state index contributed by atoms with van der Waals surface area (Å²) in [6.45, 7) is 14.0. The van der Waals surface area contributed by atoms with Crippen molar-refractivity contribution in [3.63, 3.8) is 0 Å². The highest BCUT2D eigenvalue weighted by Crippen LogP contribution is 2.37. The van der Waals surface area contributed by atoms with E-state index < -0.39 is 14.4 Å². The molecule has 1 N–H and O–H groups in total. The molecule has 0 amide bonds. The van der Waals surface area contributed by atoms with Crippen molar-refractivity contribution in [3.05, 3.63) is 59.2 Å². The van der Waals surface area contributed by atoms with E-state index in [0.717, 1.165) is 28.2 Å². The van der Waals surface area contributed by atoms with Crippen LogP contribution in [0, 0.1) is 6.92 Å². The molecule has 4 nitrogen and oxygen atoms in total. The summed E-state index contributed by atoms with van der Waals surface area (Å²) in [6, 6.07) is 14.0. The van der Waals surface area contributed by atoms with Crippen molar-refractivity contribution in [1.82, 2.24) is 0 Å². The maximum Gasteiger partial charge on any atom is 0.250 e. The van der Waals surface area contributed by atoms with Crippen molar-refractivity contribution in [2.24, 2.45) is 0 Å². The van der Waals surface area contributed by atoms with Gasteiger partial charge in [0.15, 0.2) is 0 Å². The number of hydrogen-bond donors (Lipinski definition) is 1. The Morgan fingerprint density at radius 1 is 0.966 bits per heavy atom. The molecular formula is C24H36O4Si. The predicted molar refractivity (Wildman–Crippen MR) is 121 cm³/mol. The molecule has 0 saturated carbocycles. The fourth-order valence-corrected chi connectivity index (χ4v) is 3.83. The lowest BCUT2D eigenvalue weighted by atomic mass is 10.1. The van der Waals surface area contributed by atoms with Crippen molar-refractivity contribution >= 4 is 8.32 Å². The highest BCUT2D eigenvalue weighted by Gasteiger charge is 2.39. The van der Waals surface area contributed by atoms with E-state index in [1.54, 1.807) is 7.11 Å². The molecule has 0 bridgehead atoms. The number of aliphatic hydroxyl groups is 1. The van der Waals surface area contributed by atoms with Gasteiger partial charge >= 0.3 is 0 Å². The van der Waals surface area contributed by atoms with E-state index in [0.29, 0.717) is 19.6 Å². The molecule has 0 aliphatic rings. The van der Waals surface area contributed by atoms with Crippen LogP contribution in [0.1, 0.15) is 37.5 Å². The number of rotatable bonds is 9. The molecule has 0 heterocycles. The largest absolute Gasteiger partial charge is 0.543 e. The second-order valence-corrected chi connectivity index (χ2v) is 14.0. The minimum Gasteiger partial charge on any atom is -0.543 e. The maximum atomic E-state index is 10.4. The lowest BCUT2D eigenvalue weighted by molar-refractivity contribution is 0.0288. The summed E-state index contributed by atoms with van der Waals surface area (Å²) in [4.78, 5) is 0. The van der Waals surface area contributed by atoms with Crippen LogP contribution in [0.25, 0.3) is 0 Å². The van der Waals surface area contributed by atoms with E-state index >= 15 is 0 Å². The van der Waals surface area contributed by atoms with E-state index in [-0.39, 0.29) is 5.04 Å². The average molecular weight is 417 g/mol. The van der Waals surface area contributed by atoms with Crippen LogP contribution in [0.2, 0.25) is 18.1 Å². The molecule has 0 fully saturated rings. The van der Waals surface area contributed by atoms with Crippen LogP contribution in [-0.4, -0.2) is 33.2 Å². The first-order chi connectivity index (χ1) is 13.5. The van der Waals surface area contributed by atoms with Crippen LogP contribution < -0.4 is 9.16 Å². The Morgan fingerprint density at radius 3 is 2.21 bits per heavy atom. The molecule has 0 aliphatic heterocycles. The minimum absolute atomic E-state index is 0.145. The van der Waals surface area contributed by atoms with Gasteiger partial charge in [0.1, 0.15) is 11.5 Å². The number of aryl methyl sites for hydroxylation is 1. The van der Waals surface area contributed by atoms with Crippen molar-refractivity contribution in [2.75, 3.05) is 13.7 Å². The lowest BCUT2D eigenvalue weighted by Gasteiger charge is -2.36. The molecule has 0 saturated heterocycles. The zero-order valence-electron chi connectivity index (χ0n) is 18.9. The number of benzene rings is 2. The molecule has 0 aliphatic carbocycles. The highest BCUT2D eigenvalue weighted by atomic mass is 28.4. The summed E-state index contributed by atoms with van der Waals surface area (Å²) in [5, 5.41) is 10.6. The molecule has 5 heteroatoms. The Hall–Kier alpha value is -1.82. The Morgan fingerprint density at radius 2 is 1.62 bits per heavy atom. The quantitative estimate of drug-likeness (QED) is 0.548. The van der Waals surface area contributed by atoms with Gasteiger partial charge in [0, 0.05) is 6.42 Å². The van der Waals surface area contributed by atoms with Gasteiger partial charge in [-0.1, -0.05) is 39.0 Å². The Balaban J connectivity index is 1.92. The molecule has 0 radical (unpaired) electrons. The van der Waals surface area contributed by atoms with Gasteiger partial charge in [-0.2, -0.15) is 0 Å². The van der Waals surface area contributed by atoms with E-state index in [9.17, 15) is 5.11 Å². The second kappa shape index (κ2) is 9.79. The predicted octanol–water partition coefficient (Wildman–Crippen LogP) is 5.51. The summed E-state index contributed by atoms with van der Waals surface area (Å²) in [6.07, 6.45) is -0.0196. The van der Waals surface area contributed by atoms with Crippen LogP contribution in [0.3, 0.4) is 0 Å². The molecule has 1 atom stereocenters. The summed E-state index contributed by atoms with van der Waals surface area (Å²) >= 11 is 0. The third-order valence-corrected chi connectivity index (χ3v) is 9.86. The molecule has 2 aromatic carbocycles. The topological polar surface area (TPSA) is 47.9 Å². The first-order valence-corrected chi connectivity index (χ1v) is 13.1. The van der Waals surface area contributed by atoms with E-state index in [1.165, 1.54) is 0 Å². The van der Waals surface area contributed by atoms with Crippen LogP contribution in [0.15, 0.2) is 42.5 Å². The molecule has 2 aromatic rings. The Labute approximate surface area is 177 Å². The van der Waals surface area contributed by atoms with Crippen molar-refractivity contribution in [2.45, 2.75) is 65.0 Å². The summed E-state index contributed by atoms with van der Waals surface area (Å²) in [7, 11) is -0.244. The SMILES string of the molecule is COc1ccc(COC[C@H](O)Cc2cc(C)cc(O[Si](C)(C)C(C)(C)C)c2)cc1. The normalized spacial score (nSPS) is 13.2. The van der Waals surface area contributed by atoms with Crippen LogP contribution in [0.5, 0.6) is 11.5 Å². The van der Waals surface area contributed by atoms with Crippen LogP contribution in [-0.2, 0) is 17.8 Å². The van der Waals surface area contributed by atoms with Gasteiger partial charge in [0.2, 0.25) is 8.32 Å². The monoisotopic (exact) mass is 416 g/mol. The van der Waals surface area contributed by atoms with E-state index in [4.69, 9.17) is 13.9 Å². The summed E-state index contributed by atoms with van der Waals surface area (Å²) in [5.74, 6) is 1.72. The number of ether oxygens (including phenoxy) is 2. The summed E-state index contributed by atoms with van der Waals surface area (Å²) in [5.41, 5.74) is 3.26. The van der Waals surface area contributed by atoms with Gasteiger partial charge in [-0.15, -0.1) is 0 Å². The van der Waals surface area contributed by atoms with Crippen LogP contribution in [0.4, 0.5) is 0 Å². The first kappa shape index (κ1) is 23.5. The molecule has 29 heavy (non-hydrogen) atoms. The second-order valence-electron chi connectivity index (χ2n) is 9.24. The van der Waals surface area contributed by atoms with E-state index in [2.05, 4.69) is 59.0 Å². The number of methoxy groups -OCH3 is 1. The molecule has 160 valence electrons. The van der Waals surface area contributed by atoms with Crippen molar-refractivity contribution < 1.29 is 19.0 Å². The zero-order valence-corrected chi connectivity index (χ0v) is 19.9. The Bertz CT molecular complexity index is 778. The van der Waals surface area contributed by atoms with Gasteiger partial charge in [-0.05, 0) is 66.0 Å². The van der Waals surface area contributed by atoms with Gasteiger partial charge in [-0.25, -0.2) is 0 Å². The molecule has 0 spiro atoms. The van der Waals surface area contributed by atoms with E-state index in [1.807, 2.05) is 24.3 Å². The van der Waals surface area contributed by atoms with Crippen molar-refractivity contribution in [3.8, 4) is 11.5 Å². The highest BCUT2D eigenvalue weighted by molar-refractivity contribution is 6.74. The standard InChI is InChI=1S/C24H36O4Si/c1-18-12-20(15-23(13-18)28-29(6,7)24(2,3)4)14-21(25)17-27-16-19-8-10-22(26-5)11-9-19/h8-13,15,21,25H,14,16-17H2,1-7H3/t21-/m1/s1. The zero-order chi connectivity index (χ0) is 21.7. The molecular weight excluding hydrogens is 380 g/mol. The van der Waals surface area contributed by atoms with Crippen molar-refractivity contribution in [1.29, 1.82) is 0 Å². The number of aliphatic hydroxyl groups excluding tert-OH is 1. The average Bonchev–Trinajstić information content (AvgIpc) is 2.60. The molecule has 2 rings (SSSR count).